The Morgan fingerprint density at radius 1 is 1.27 bits per heavy atom. The van der Waals surface area contributed by atoms with Gasteiger partial charge in [-0.2, -0.15) is 10.4 Å². The van der Waals surface area contributed by atoms with E-state index in [1.807, 2.05) is 17.8 Å². The molecule has 0 unspecified atom stereocenters. The highest BCUT2D eigenvalue weighted by molar-refractivity contribution is 7.16. The summed E-state index contributed by atoms with van der Waals surface area (Å²) in [7, 11) is 0. The number of anilines is 2. The van der Waals surface area contributed by atoms with Crippen LogP contribution in [0.25, 0.3) is 22.6 Å². The summed E-state index contributed by atoms with van der Waals surface area (Å²) in [4.78, 5) is 13.5. The van der Waals surface area contributed by atoms with E-state index in [2.05, 4.69) is 28.4 Å². The zero-order chi connectivity index (χ0) is 30.2. The second-order valence-corrected chi connectivity index (χ2v) is 14.3. The number of nitriles is 1. The first-order chi connectivity index (χ1) is 21.3. The maximum absolute atomic E-state index is 11.0. The number of aryl methyl sites for hydroxylation is 1. The molecule has 2 fully saturated rings. The zero-order valence-corrected chi connectivity index (χ0v) is 25.9. The highest BCUT2D eigenvalue weighted by Crippen LogP contribution is 2.52. The molecule has 0 radical (unpaired) electrons. The number of hydrogen-bond donors (Lipinski definition) is 3. The Kier molecular flexibility index (Phi) is 6.50. The first-order valence-corrected chi connectivity index (χ1v) is 16.5. The summed E-state index contributed by atoms with van der Waals surface area (Å²) in [6, 6.07) is 2.74. The molecule has 4 aromatic heterocycles. The van der Waals surface area contributed by atoms with E-state index in [9.17, 15) is 10.4 Å². The molecule has 3 aliphatic heterocycles. The van der Waals surface area contributed by atoms with E-state index >= 15 is 0 Å². The summed E-state index contributed by atoms with van der Waals surface area (Å²) in [5.41, 5.74) is 8.41. The average molecular weight is 616 g/mol. The Bertz CT molecular complexity index is 1790. The van der Waals surface area contributed by atoms with Gasteiger partial charge < -0.3 is 30.3 Å². The quantitative estimate of drug-likeness (QED) is 0.306. The summed E-state index contributed by atoms with van der Waals surface area (Å²) in [5, 5.41) is 35.5. The lowest BCUT2D eigenvalue weighted by Gasteiger charge is -2.38. The molecule has 0 saturated carbocycles. The zero-order valence-electron chi connectivity index (χ0n) is 25.1. The molecule has 230 valence electrons. The van der Waals surface area contributed by atoms with Crippen molar-refractivity contribution in [2.24, 2.45) is 0 Å². The van der Waals surface area contributed by atoms with E-state index in [4.69, 9.17) is 30.1 Å². The molecule has 8 rings (SSSR count). The summed E-state index contributed by atoms with van der Waals surface area (Å²) in [6.45, 7) is 7.01. The monoisotopic (exact) mass is 615 g/mol. The van der Waals surface area contributed by atoms with Crippen LogP contribution in [0, 0.1) is 11.3 Å². The lowest BCUT2D eigenvalue weighted by atomic mass is 9.68. The third kappa shape index (κ3) is 4.18. The molecular formula is C31H37N9O3S. The van der Waals surface area contributed by atoms with Crippen molar-refractivity contribution in [3.05, 3.63) is 33.5 Å². The van der Waals surface area contributed by atoms with Gasteiger partial charge in [0.05, 0.1) is 53.0 Å². The van der Waals surface area contributed by atoms with Gasteiger partial charge in [-0.1, -0.05) is 5.16 Å². The number of piperidine rings is 1. The van der Waals surface area contributed by atoms with E-state index < -0.39 is 11.0 Å². The van der Waals surface area contributed by atoms with Crippen LogP contribution in [-0.2, 0) is 23.2 Å². The van der Waals surface area contributed by atoms with Gasteiger partial charge in [0.15, 0.2) is 22.9 Å². The molecule has 2 saturated heterocycles. The fourth-order valence-corrected chi connectivity index (χ4v) is 9.14. The predicted octanol–water partition coefficient (Wildman–Crippen LogP) is 3.81. The molecule has 0 amide bonds. The van der Waals surface area contributed by atoms with E-state index in [1.165, 1.54) is 11.3 Å². The largest absolute Gasteiger partial charge is 0.389 e. The van der Waals surface area contributed by atoms with Crippen LogP contribution in [-0.4, -0.2) is 67.9 Å². The first kappa shape index (κ1) is 27.9. The van der Waals surface area contributed by atoms with Crippen molar-refractivity contribution in [3.63, 3.8) is 0 Å². The molecule has 1 aliphatic carbocycles. The summed E-state index contributed by atoms with van der Waals surface area (Å²) < 4.78 is 14.5. The van der Waals surface area contributed by atoms with Crippen molar-refractivity contribution < 1.29 is 14.4 Å². The van der Waals surface area contributed by atoms with Crippen LogP contribution in [0.1, 0.15) is 85.7 Å². The molecule has 4 N–H and O–H groups in total. The topological polar surface area (TPSA) is 164 Å². The number of rotatable bonds is 4. The van der Waals surface area contributed by atoms with Crippen molar-refractivity contribution >= 4 is 33.2 Å². The number of fused-ring (bicyclic) bond motifs is 5. The molecule has 1 spiro atoms. The van der Waals surface area contributed by atoms with Gasteiger partial charge in [0.25, 0.3) is 0 Å². The third-order valence-electron chi connectivity index (χ3n) is 10.1. The molecule has 44 heavy (non-hydrogen) atoms. The number of nitrogens with zero attached hydrogens (tertiary/aromatic N) is 7. The SMILES string of the molecule is C[C@@H]([C@@H]1CCCN1)n1ncc2c(N3CCC[C@@](C)(O)C3)nc(-c3noc4c3COC[C@@]43CCCc4sc(N)c(C#N)c43)nc21. The maximum atomic E-state index is 11.0. The van der Waals surface area contributed by atoms with Crippen molar-refractivity contribution in [2.75, 3.05) is 36.9 Å². The highest BCUT2D eigenvalue weighted by Gasteiger charge is 2.50. The lowest BCUT2D eigenvalue weighted by molar-refractivity contribution is 0.0448. The van der Waals surface area contributed by atoms with Crippen molar-refractivity contribution in [1.82, 2.24) is 30.2 Å². The van der Waals surface area contributed by atoms with Gasteiger partial charge in [0, 0.05) is 29.6 Å². The first-order valence-electron chi connectivity index (χ1n) is 15.6. The van der Waals surface area contributed by atoms with Crippen molar-refractivity contribution in [3.8, 4) is 17.6 Å². The van der Waals surface area contributed by atoms with Crippen LogP contribution in [0.2, 0.25) is 0 Å². The van der Waals surface area contributed by atoms with Crippen LogP contribution in [0.3, 0.4) is 0 Å². The average Bonchev–Trinajstić information content (AvgIpc) is 3.81. The fourth-order valence-electron chi connectivity index (χ4n) is 7.98. The predicted molar refractivity (Wildman–Crippen MR) is 165 cm³/mol. The normalized spacial score (nSPS) is 27.4. The summed E-state index contributed by atoms with van der Waals surface area (Å²) in [5.74, 6) is 1.90. The number of nitrogen functional groups attached to an aromatic ring is 1. The Morgan fingerprint density at radius 2 is 2.16 bits per heavy atom. The summed E-state index contributed by atoms with van der Waals surface area (Å²) >= 11 is 1.49. The van der Waals surface area contributed by atoms with E-state index in [-0.39, 0.29) is 6.04 Å². The lowest BCUT2D eigenvalue weighted by Crippen LogP contribution is -2.46. The number of aliphatic hydroxyl groups is 1. The molecule has 4 aromatic rings. The minimum absolute atomic E-state index is 0.0852. The minimum Gasteiger partial charge on any atom is -0.389 e. The molecule has 4 aliphatic rings. The molecule has 12 nitrogen and oxygen atoms in total. The Hall–Kier alpha value is -3.57. The van der Waals surface area contributed by atoms with Crippen LogP contribution in [0.5, 0.6) is 0 Å². The van der Waals surface area contributed by atoms with Gasteiger partial charge in [-0.05, 0) is 65.3 Å². The van der Waals surface area contributed by atoms with Crippen molar-refractivity contribution in [1.29, 1.82) is 5.26 Å². The highest BCUT2D eigenvalue weighted by atomic mass is 32.1. The van der Waals surface area contributed by atoms with Gasteiger partial charge in [0.2, 0.25) is 0 Å². The molecule has 7 heterocycles. The number of aromatic nitrogens is 5. The minimum atomic E-state index is -0.820. The number of nitrogens with one attached hydrogen (secondary N) is 1. The molecule has 4 atom stereocenters. The number of hydrogen-bond acceptors (Lipinski definition) is 12. The van der Waals surface area contributed by atoms with Gasteiger partial charge in [0.1, 0.15) is 16.9 Å². The molecule has 0 bridgehead atoms. The maximum Gasteiger partial charge on any atom is 0.186 e. The second kappa shape index (κ2) is 10.2. The standard InChI is InChI=1S/C31H37N9O3S/c1-17(21-6-4-10-34-21)40-29-19(13-35-40)28(39-11-5-8-30(2,41)15-39)36-27(37-29)24-20-14-42-16-31(25(20)43-38-24)9-3-7-22-23(31)18(12-32)26(33)44-22/h13,17,21,34,41H,3-11,14-16,33H2,1-2H3/t17-,21-,30+,31+/m0/s1. The van der Waals surface area contributed by atoms with Gasteiger partial charge in [-0.25, -0.2) is 14.6 Å². The van der Waals surface area contributed by atoms with Gasteiger partial charge in [-0.15, -0.1) is 11.3 Å². The van der Waals surface area contributed by atoms with Crippen LogP contribution in [0.4, 0.5) is 10.8 Å². The van der Waals surface area contributed by atoms with Crippen LogP contribution < -0.4 is 16.0 Å². The molecule has 13 heteroatoms. The number of ether oxygens (including phenoxy) is 1. The number of thiophene rings is 1. The van der Waals surface area contributed by atoms with E-state index in [0.29, 0.717) is 47.9 Å². The number of β-amino-alcohol motifs (C(OH)–C–C–N with tert-alkyl or cyclic N) is 1. The molecule has 0 aromatic carbocycles. The fraction of sp³-hybridized carbons (Fsp3) is 0.581. The summed E-state index contributed by atoms with van der Waals surface area (Å²) in [6.07, 6.45) is 8.26. The Morgan fingerprint density at radius 3 is 2.95 bits per heavy atom. The second-order valence-electron chi connectivity index (χ2n) is 13.2. The van der Waals surface area contributed by atoms with Gasteiger partial charge in [-0.3, -0.25) is 0 Å². The Labute approximate surface area is 259 Å². The van der Waals surface area contributed by atoms with E-state index in [0.717, 1.165) is 96.7 Å². The van der Waals surface area contributed by atoms with Crippen LogP contribution in [0.15, 0.2) is 10.7 Å². The molecular weight excluding hydrogens is 578 g/mol. The van der Waals surface area contributed by atoms with Crippen molar-refractivity contribution in [2.45, 2.75) is 88.5 Å². The number of nitrogens with two attached hydrogens (primary N) is 1. The third-order valence-corrected chi connectivity index (χ3v) is 11.2. The smallest absolute Gasteiger partial charge is 0.186 e. The van der Waals surface area contributed by atoms with E-state index in [1.54, 1.807) is 0 Å². The van der Waals surface area contributed by atoms with Gasteiger partial charge >= 0.3 is 0 Å². The Balaban J connectivity index is 1.30. The van der Waals surface area contributed by atoms with Crippen LogP contribution >= 0.6 is 11.3 Å².